The van der Waals surface area contributed by atoms with E-state index >= 15 is 0 Å². The lowest BCUT2D eigenvalue weighted by Gasteiger charge is -2.27. The number of amides is 2. The molecule has 0 aromatic heterocycles. The molecule has 0 radical (unpaired) electrons. The fourth-order valence-corrected chi connectivity index (χ4v) is 2.25. The number of ether oxygens (including phenoxy) is 1. The third-order valence-electron chi connectivity index (χ3n) is 2.69. The molecule has 1 saturated heterocycles. The van der Waals surface area contributed by atoms with Crippen molar-refractivity contribution in [3.63, 3.8) is 0 Å². The van der Waals surface area contributed by atoms with E-state index in [0.29, 0.717) is 36.5 Å². The van der Waals surface area contributed by atoms with Gasteiger partial charge in [0.05, 0.1) is 18.8 Å². The maximum Gasteiger partial charge on any atom is 0.335 e. The van der Waals surface area contributed by atoms with E-state index in [-0.39, 0.29) is 11.6 Å². The van der Waals surface area contributed by atoms with Crippen molar-refractivity contribution in [1.29, 1.82) is 0 Å². The third-order valence-corrected chi connectivity index (χ3v) is 3.15. The smallest absolute Gasteiger partial charge is 0.335 e. The number of carbonyl (C=O) groups excluding carboxylic acids is 1. The number of benzene rings is 1. The Morgan fingerprint density at radius 2 is 1.95 bits per heavy atom. The molecule has 19 heavy (non-hydrogen) atoms. The number of nitrogens with zero attached hydrogens (tertiary/aromatic N) is 1. The van der Waals surface area contributed by atoms with Crippen molar-refractivity contribution in [1.82, 2.24) is 4.90 Å². The predicted molar refractivity (Wildman–Crippen MR) is 72.5 cm³/mol. The minimum atomic E-state index is -1.04. The van der Waals surface area contributed by atoms with Gasteiger partial charge in [0.25, 0.3) is 0 Å². The van der Waals surface area contributed by atoms with Crippen LogP contribution in [0.15, 0.2) is 22.7 Å². The van der Waals surface area contributed by atoms with Gasteiger partial charge in [-0.15, -0.1) is 0 Å². The zero-order chi connectivity index (χ0) is 13.8. The van der Waals surface area contributed by atoms with E-state index in [0.717, 1.165) is 0 Å². The van der Waals surface area contributed by atoms with Crippen molar-refractivity contribution in [3.8, 4) is 0 Å². The van der Waals surface area contributed by atoms with E-state index in [9.17, 15) is 9.59 Å². The highest BCUT2D eigenvalue weighted by molar-refractivity contribution is 9.10. The van der Waals surface area contributed by atoms with Crippen molar-refractivity contribution in [2.24, 2.45) is 0 Å². The van der Waals surface area contributed by atoms with Gasteiger partial charge in [0.1, 0.15) is 0 Å². The van der Waals surface area contributed by atoms with Gasteiger partial charge >= 0.3 is 12.0 Å². The van der Waals surface area contributed by atoms with Gasteiger partial charge in [-0.3, -0.25) is 0 Å². The first-order valence-corrected chi connectivity index (χ1v) is 6.53. The largest absolute Gasteiger partial charge is 0.478 e. The molecule has 0 aliphatic carbocycles. The predicted octanol–water partition coefficient (Wildman–Crippen LogP) is 2.01. The van der Waals surface area contributed by atoms with Crippen LogP contribution in [0.3, 0.4) is 0 Å². The third kappa shape index (κ3) is 3.68. The van der Waals surface area contributed by atoms with Crippen molar-refractivity contribution < 1.29 is 19.4 Å². The SMILES string of the molecule is O=C(O)c1cc(Br)cc(NC(=O)N2CCOCC2)c1. The van der Waals surface area contributed by atoms with Gasteiger partial charge in [-0.05, 0) is 18.2 Å². The summed E-state index contributed by atoms with van der Waals surface area (Å²) < 4.78 is 5.76. The maximum absolute atomic E-state index is 12.0. The molecule has 0 bridgehead atoms. The highest BCUT2D eigenvalue weighted by Gasteiger charge is 2.17. The molecule has 1 aromatic rings. The van der Waals surface area contributed by atoms with Gasteiger partial charge in [0.2, 0.25) is 0 Å². The number of hydrogen-bond donors (Lipinski definition) is 2. The van der Waals surface area contributed by atoms with Crippen LogP contribution in [-0.2, 0) is 4.74 Å². The summed E-state index contributed by atoms with van der Waals surface area (Å²) in [5.74, 6) is -1.04. The van der Waals surface area contributed by atoms with E-state index in [1.165, 1.54) is 12.1 Å². The van der Waals surface area contributed by atoms with E-state index in [2.05, 4.69) is 21.2 Å². The number of nitrogens with one attached hydrogen (secondary N) is 1. The normalized spacial score (nSPS) is 15.1. The van der Waals surface area contributed by atoms with E-state index in [1.807, 2.05) is 0 Å². The average Bonchev–Trinajstić information content (AvgIpc) is 2.39. The first kappa shape index (κ1) is 13.8. The van der Waals surface area contributed by atoms with Crippen LogP contribution in [0.25, 0.3) is 0 Å². The second-order valence-electron chi connectivity index (χ2n) is 4.06. The molecular weight excluding hydrogens is 316 g/mol. The monoisotopic (exact) mass is 328 g/mol. The lowest BCUT2D eigenvalue weighted by molar-refractivity contribution is 0.0564. The van der Waals surface area contributed by atoms with Gasteiger partial charge in [-0.1, -0.05) is 15.9 Å². The van der Waals surface area contributed by atoms with E-state index in [4.69, 9.17) is 9.84 Å². The Morgan fingerprint density at radius 1 is 1.26 bits per heavy atom. The van der Waals surface area contributed by atoms with Gasteiger partial charge in [0, 0.05) is 23.2 Å². The summed E-state index contributed by atoms with van der Waals surface area (Å²) in [4.78, 5) is 24.5. The van der Waals surface area contributed by atoms with Crippen molar-refractivity contribution in [2.75, 3.05) is 31.6 Å². The minimum absolute atomic E-state index is 0.117. The molecule has 0 unspecified atom stereocenters. The molecule has 1 aromatic carbocycles. The zero-order valence-electron chi connectivity index (χ0n) is 10.1. The molecule has 0 spiro atoms. The van der Waals surface area contributed by atoms with Gasteiger partial charge in [-0.25, -0.2) is 9.59 Å². The number of carboxylic acid groups (broad SMARTS) is 1. The van der Waals surface area contributed by atoms with Crippen molar-refractivity contribution in [2.45, 2.75) is 0 Å². The minimum Gasteiger partial charge on any atom is -0.478 e. The summed E-state index contributed by atoms with van der Waals surface area (Å²) in [6.45, 7) is 2.11. The van der Waals surface area contributed by atoms with Crippen LogP contribution in [0.2, 0.25) is 0 Å². The molecule has 2 amide bonds. The van der Waals surface area contributed by atoms with Crippen molar-refractivity contribution in [3.05, 3.63) is 28.2 Å². The first-order chi connectivity index (χ1) is 9.06. The second-order valence-corrected chi connectivity index (χ2v) is 4.98. The molecule has 2 N–H and O–H groups in total. The summed E-state index contributed by atoms with van der Waals surface area (Å²) in [7, 11) is 0. The highest BCUT2D eigenvalue weighted by Crippen LogP contribution is 2.20. The molecule has 7 heteroatoms. The van der Waals surface area contributed by atoms with Gasteiger partial charge in [-0.2, -0.15) is 0 Å². The van der Waals surface area contributed by atoms with Crippen LogP contribution < -0.4 is 5.32 Å². The summed E-state index contributed by atoms with van der Waals surface area (Å²) >= 11 is 3.22. The number of carboxylic acids is 1. The van der Waals surface area contributed by atoms with Crippen LogP contribution in [-0.4, -0.2) is 48.3 Å². The zero-order valence-corrected chi connectivity index (χ0v) is 11.6. The number of morpholine rings is 1. The molecule has 1 heterocycles. The summed E-state index contributed by atoms with van der Waals surface area (Å²) in [5, 5.41) is 11.6. The number of carbonyl (C=O) groups is 2. The molecule has 102 valence electrons. The Kier molecular flexibility index (Phi) is 4.39. The fourth-order valence-electron chi connectivity index (χ4n) is 1.75. The maximum atomic E-state index is 12.0. The number of rotatable bonds is 2. The lowest BCUT2D eigenvalue weighted by atomic mass is 10.2. The Morgan fingerprint density at radius 3 is 2.58 bits per heavy atom. The average molecular weight is 329 g/mol. The number of halogens is 1. The lowest BCUT2D eigenvalue weighted by Crippen LogP contribution is -2.43. The second kappa shape index (κ2) is 6.03. The number of anilines is 1. The molecule has 6 nitrogen and oxygen atoms in total. The summed E-state index contributed by atoms with van der Waals surface area (Å²) in [5.41, 5.74) is 0.565. The first-order valence-electron chi connectivity index (χ1n) is 5.74. The number of urea groups is 1. The number of aromatic carboxylic acids is 1. The molecule has 0 saturated carbocycles. The number of hydrogen-bond acceptors (Lipinski definition) is 3. The standard InChI is InChI=1S/C12H13BrN2O4/c13-9-5-8(11(16)17)6-10(7-9)14-12(18)15-1-3-19-4-2-15/h5-7H,1-4H2,(H,14,18)(H,16,17). The van der Waals surface area contributed by atoms with Crippen LogP contribution in [0, 0.1) is 0 Å². The molecule has 0 atom stereocenters. The van der Waals surface area contributed by atoms with Crippen LogP contribution in [0.4, 0.5) is 10.5 Å². The van der Waals surface area contributed by atoms with E-state index in [1.54, 1.807) is 11.0 Å². The van der Waals surface area contributed by atoms with Crippen molar-refractivity contribution >= 4 is 33.6 Å². The highest BCUT2D eigenvalue weighted by atomic mass is 79.9. The quantitative estimate of drug-likeness (QED) is 0.870. The molecule has 1 aliphatic rings. The Bertz CT molecular complexity index is 501. The Balaban J connectivity index is 2.09. The van der Waals surface area contributed by atoms with E-state index < -0.39 is 5.97 Å². The molecule has 1 fully saturated rings. The topological polar surface area (TPSA) is 78.9 Å². The Hall–Kier alpha value is -1.60. The van der Waals surface area contributed by atoms with Crippen LogP contribution in [0.5, 0.6) is 0 Å². The van der Waals surface area contributed by atoms with Gasteiger partial charge in [0.15, 0.2) is 0 Å². The molecule has 2 rings (SSSR count). The Labute approximate surface area is 118 Å². The van der Waals surface area contributed by atoms with Gasteiger partial charge < -0.3 is 20.1 Å². The van der Waals surface area contributed by atoms with Crippen LogP contribution in [0.1, 0.15) is 10.4 Å². The summed E-state index contributed by atoms with van der Waals surface area (Å²) in [6, 6.07) is 4.31. The van der Waals surface area contributed by atoms with Crippen LogP contribution >= 0.6 is 15.9 Å². The molecule has 1 aliphatic heterocycles. The molecular formula is C12H13BrN2O4. The fraction of sp³-hybridized carbons (Fsp3) is 0.333. The summed E-state index contributed by atoms with van der Waals surface area (Å²) in [6.07, 6.45) is 0.